The fourth-order valence-electron chi connectivity index (χ4n) is 1.66. The highest BCUT2D eigenvalue weighted by atomic mass is 32.2. The Labute approximate surface area is 121 Å². The minimum absolute atomic E-state index is 0.135. The molecule has 2 rings (SSSR count). The number of hydrogen-bond donors (Lipinski definition) is 1. The Bertz CT molecular complexity index is 712. The topological polar surface area (TPSA) is 60.2 Å². The smallest absolute Gasteiger partial charge is 0.175 e. The van der Waals surface area contributed by atoms with Crippen LogP contribution in [0.15, 0.2) is 52.3 Å². The Morgan fingerprint density at radius 1 is 1.15 bits per heavy atom. The van der Waals surface area contributed by atoms with Crippen LogP contribution in [-0.4, -0.2) is 14.7 Å². The summed E-state index contributed by atoms with van der Waals surface area (Å²) in [6.07, 6.45) is 1.16. The monoisotopic (exact) mass is 311 g/mol. The predicted octanol–water partition coefficient (Wildman–Crippen LogP) is 3.10. The van der Waals surface area contributed by atoms with E-state index in [0.29, 0.717) is 11.3 Å². The molecule has 0 atom stereocenters. The zero-order valence-electron chi connectivity index (χ0n) is 10.8. The molecule has 2 N–H and O–H groups in total. The second-order valence-electron chi connectivity index (χ2n) is 4.35. The number of sulfone groups is 1. The van der Waals surface area contributed by atoms with E-state index < -0.39 is 15.7 Å². The van der Waals surface area contributed by atoms with Gasteiger partial charge in [-0.25, -0.2) is 12.8 Å². The average Bonchev–Trinajstić information content (AvgIpc) is 2.40. The van der Waals surface area contributed by atoms with Crippen molar-refractivity contribution in [1.29, 1.82) is 0 Å². The maximum atomic E-state index is 13.7. The van der Waals surface area contributed by atoms with E-state index in [2.05, 4.69) is 0 Å². The Morgan fingerprint density at radius 2 is 1.80 bits per heavy atom. The quantitative estimate of drug-likeness (QED) is 0.696. The number of benzene rings is 2. The fourth-order valence-corrected chi connectivity index (χ4v) is 3.16. The second-order valence-corrected chi connectivity index (χ2v) is 7.42. The molecule has 6 heteroatoms. The summed E-state index contributed by atoms with van der Waals surface area (Å²) in [6, 6.07) is 11.4. The molecule has 0 heterocycles. The summed E-state index contributed by atoms with van der Waals surface area (Å²) >= 11 is 1.43. The van der Waals surface area contributed by atoms with E-state index in [0.717, 1.165) is 11.2 Å². The molecule has 106 valence electrons. The minimum Gasteiger partial charge on any atom is -0.396 e. The Balaban J connectivity index is 2.10. The van der Waals surface area contributed by atoms with Crippen molar-refractivity contribution in [3.05, 3.63) is 53.8 Å². The van der Waals surface area contributed by atoms with Crippen molar-refractivity contribution in [3.63, 3.8) is 0 Å². The van der Waals surface area contributed by atoms with Crippen LogP contribution in [0.4, 0.5) is 10.1 Å². The van der Waals surface area contributed by atoms with Crippen LogP contribution in [-0.2, 0) is 15.6 Å². The van der Waals surface area contributed by atoms with Gasteiger partial charge >= 0.3 is 0 Å². The fraction of sp³-hybridized carbons (Fsp3) is 0.143. The maximum absolute atomic E-state index is 13.7. The lowest BCUT2D eigenvalue weighted by Gasteiger charge is -2.06. The molecule has 0 amide bonds. The summed E-state index contributed by atoms with van der Waals surface area (Å²) in [5, 5.41) is 0. The van der Waals surface area contributed by atoms with Crippen LogP contribution < -0.4 is 5.73 Å². The average molecular weight is 311 g/mol. The van der Waals surface area contributed by atoms with E-state index in [4.69, 9.17) is 5.73 Å². The molecule has 0 saturated carbocycles. The zero-order chi connectivity index (χ0) is 14.8. The number of hydrogen-bond acceptors (Lipinski definition) is 4. The lowest BCUT2D eigenvalue weighted by atomic mass is 10.2. The van der Waals surface area contributed by atoms with E-state index in [1.807, 2.05) is 0 Å². The van der Waals surface area contributed by atoms with Crippen LogP contribution >= 0.6 is 11.8 Å². The van der Waals surface area contributed by atoms with Gasteiger partial charge in [0.15, 0.2) is 9.84 Å². The van der Waals surface area contributed by atoms with Gasteiger partial charge in [-0.3, -0.25) is 0 Å². The van der Waals surface area contributed by atoms with Crippen molar-refractivity contribution < 1.29 is 12.8 Å². The molecule has 0 saturated heterocycles. The summed E-state index contributed by atoms with van der Waals surface area (Å²) < 4.78 is 36.4. The van der Waals surface area contributed by atoms with E-state index in [9.17, 15) is 12.8 Å². The molecule has 0 aromatic heterocycles. The molecule has 0 aliphatic heterocycles. The predicted molar refractivity (Wildman–Crippen MR) is 79.9 cm³/mol. The lowest BCUT2D eigenvalue weighted by Crippen LogP contribution is -1.96. The summed E-state index contributed by atoms with van der Waals surface area (Å²) in [5.74, 6) is 0.0440. The van der Waals surface area contributed by atoms with Gasteiger partial charge in [-0.05, 0) is 30.3 Å². The van der Waals surface area contributed by atoms with Gasteiger partial charge in [0.1, 0.15) is 5.82 Å². The van der Waals surface area contributed by atoms with Crippen molar-refractivity contribution >= 4 is 27.3 Å². The Kier molecular flexibility index (Phi) is 4.35. The standard InChI is InChI=1S/C14H14FNO2S2/c1-20(17,18)12-7-5-11(6-8-12)19-9-10-3-2-4-13(16)14(10)15/h2-8H,9,16H2,1H3. The second kappa shape index (κ2) is 5.85. The van der Waals surface area contributed by atoms with Gasteiger partial charge in [0, 0.05) is 22.5 Å². The van der Waals surface area contributed by atoms with Crippen molar-refractivity contribution in [1.82, 2.24) is 0 Å². The zero-order valence-corrected chi connectivity index (χ0v) is 12.5. The number of thioether (sulfide) groups is 1. The van der Waals surface area contributed by atoms with Gasteiger partial charge in [-0.1, -0.05) is 12.1 Å². The van der Waals surface area contributed by atoms with E-state index in [1.54, 1.807) is 36.4 Å². The maximum Gasteiger partial charge on any atom is 0.175 e. The first-order valence-corrected chi connectivity index (χ1v) is 8.71. The van der Waals surface area contributed by atoms with E-state index in [-0.39, 0.29) is 10.6 Å². The van der Waals surface area contributed by atoms with Crippen LogP contribution in [0.5, 0.6) is 0 Å². The molecular formula is C14H14FNO2S2. The van der Waals surface area contributed by atoms with Gasteiger partial charge in [0.2, 0.25) is 0 Å². The van der Waals surface area contributed by atoms with Crippen LogP contribution in [0, 0.1) is 5.82 Å². The first-order chi connectivity index (χ1) is 9.38. The third kappa shape index (κ3) is 3.52. The highest BCUT2D eigenvalue weighted by Crippen LogP contribution is 2.26. The molecule has 0 fully saturated rings. The van der Waals surface area contributed by atoms with Crippen LogP contribution in [0.3, 0.4) is 0 Å². The summed E-state index contributed by atoms with van der Waals surface area (Å²) in [4.78, 5) is 1.15. The summed E-state index contributed by atoms with van der Waals surface area (Å²) in [7, 11) is -3.18. The molecule has 0 spiro atoms. The van der Waals surface area contributed by atoms with E-state index in [1.165, 1.54) is 17.8 Å². The lowest BCUT2D eigenvalue weighted by molar-refractivity contribution is 0.602. The molecule has 0 bridgehead atoms. The molecule has 2 aromatic rings. The number of halogens is 1. The molecule has 2 aromatic carbocycles. The van der Waals surface area contributed by atoms with Crippen molar-refractivity contribution in [2.45, 2.75) is 15.5 Å². The van der Waals surface area contributed by atoms with Crippen molar-refractivity contribution in [2.75, 3.05) is 12.0 Å². The summed E-state index contributed by atoms with van der Waals surface area (Å²) in [5.41, 5.74) is 6.17. The first kappa shape index (κ1) is 14.9. The van der Waals surface area contributed by atoms with Gasteiger partial charge < -0.3 is 5.73 Å². The molecule has 0 aliphatic rings. The number of nitrogen functional groups attached to an aromatic ring is 1. The third-order valence-corrected chi connectivity index (χ3v) is 4.94. The van der Waals surface area contributed by atoms with Gasteiger partial charge in [0.05, 0.1) is 10.6 Å². The van der Waals surface area contributed by atoms with Crippen molar-refractivity contribution in [3.8, 4) is 0 Å². The molecular weight excluding hydrogens is 297 g/mol. The Hall–Kier alpha value is -1.53. The third-order valence-electron chi connectivity index (χ3n) is 2.75. The highest BCUT2D eigenvalue weighted by Gasteiger charge is 2.08. The first-order valence-electron chi connectivity index (χ1n) is 5.84. The van der Waals surface area contributed by atoms with Gasteiger partial charge in [-0.15, -0.1) is 11.8 Å². The van der Waals surface area contributed by atoms with Gasteiger partial charge in [-0.2, -0.15) is 0 Å². The largest absolute Gasteiger partial charge is 0.396 e. The molecule has 0 unspecified atom stereocenters. The van der Waals surface area contributed by atoms with Crippen LogP contribution in [0.1, 0.15) is 5.56 Å². The minimum atomic E-state index is -3.18. The number of nitrogens with two attached hydrogens (primary N) is 1. The number of anilines is 1. The SMILES string of the molecule is CS(=O)(=O)c1ccc(SCc2cccc(N)c2F)cc1. The van der Waals surface area contributed by atoms with Gasteiger partial charge in [0.25, 0.3) is 0 Å². The number of rotatable bonds is 4. The van der Waals surface area contributed by atoms with E-state index >= 15 is 0 Å². The Morgan fingerprint density at radius 3 is 2.40 bits per heavy atom. The molecule has 0 aliphatic carbocycles. The summed E-state index contributed by atoms with van der Waals surface area (Å²) in [6.45, 7) is 0. The van der Waals surface area contributed by atoms with Crippen LogP contribution in [0.2, 0.25) is 0 Å². The van der Waals surface area contributed by atoms with Crippen molar-refractivity contribution in [2.24, 2.45) is 0 Å². The normalized spacial score (nSPS) is 11.5. The van der Waals surface area contributed by atoms with Crippen LogP contribution in [0.25, 0.3) is 0 Å². The molecule has 3 nitrogen and oxygen atoms in total. The highest BCUT2D eigenvalue weighted by molar-refractivity contribution is 7.98. The molecule has 20 heavy (non-hydrogen) atoms. The molecule has 0 radical (unpaired) electrons.